The molecule has 12 nitrogen and oxygen atoms in total. The second-order valence-corrected chi connectivity index (χ2v) is 12.6. The summed E-state index contributed by atoms with van der Waals surface area (Å²) in [6.07, 6.45) is 1.34. The minimum absolute atomic E-state index is 0. The molecule has 4 aromatic carbocycles. The van der Waals surface area contributed by atoms with Crippen molar-refractivity contribution in [2.24, 2.45) is 0 Å². The van der Waals surface area contributed by atoms with Gasteiger partial charge < -0.3 is 38.4 Å². The number of hydrogen-bond donors (Lipinski definition) is 2. The molecule has 2 heterocycles. The van der Waals surface area contributed by atoms with Crippen molar-refractivity contribution in [3.05, 3.63) is 143 Å². The first-order chi connectivity index (χ1) is 27.3. The van der Waals surface area contributed by atoms with Crippen LogP contribution in [-0.2, 0) is 45.0 Å². The maximum absolute atomic E-state index is 11.1. The molecule has 0 saturated heterocycles. The van der Waals surface area contributed by atoms with Gasteiger partial charge in [-0.05, 0) is 73.5 Å². The summed E-state index contributed by atoms with van der Waals surface area (Å²) >= 11 is 0. The Morgan fingerprint density at radius 1 is 0.569 bits per heavy atom. The summed E-state index contributed by atoms with van der Waals surface area (Å²) in [6, 6.07) is 35.2. The molecule has 6 aromatic rings. The van der Waals surface area contributed by atoms with Crippen LogP contribution in [0.25, 0.3) is 22.9 Å². The third-order valence-corrected chi connectivity index (χ3v) is 8.54. The van der Waals surface area contributed by atoms with Crippen LogP contribution in [0.15, 0.2) is 118 Å². The van der Waals surface area contributed by atoms with Gasteiger partial charge in [0.2, 0.25) is 11.8 Å². The molecule has 0 atom stereocenters. The maximum Gasteiger partial charge on any atom is 0.319 e. The monoisotopic (exact) mass is 807 g/mol. The summed E-state index contributed by atoms with van der Waals surface area (Å²) in [4.78, 5) is 31.3. The number of hydrogen-bond acceptors (Lipinski definition) is 12. The SMILES string of the molecule is COC(=O)CNCc1ccc(OCCc2nc(-c3ccccc3)oc2C)cc1.COC(=O)CNCc1ccc(OCCc2nc(-c3ccccc3)oc2C)cc1.Cl.[B]. The van der Waals surface area contributed by atoms with Crippen LogP contribution in [0.1, 0.15) is 34.0 Å². The fraction of sp³-hybridized carbons (Fsp3) is 0.273. The van der Waals surface area contributed by atoms with Crippen LogP contribution in [0.5, 0.6) is 11.5 Å². The molecule has 0 saturated carbocycles. The number of rotatable bonds is 18. The number of aryl methyl sites for hydroxylation is 2. The first kappa shape index (κ1) is 46.5. The smallest absolute Gasteiger partial charge is 0.319 e. The molecule has 2 N–H and O–H groups in total. The van der Waals surface area contributed by atoms with Crippen LogP contribution in [0.2, 0.25) is 0 Å². The number of carbonyl (C=O) groups excluding carboxylic acids is 2. The van der Waals surface area contributed by atoms with Crippen molar-refractivity contribution in [1.82, 2.24) is 20.6 Å². The highest BCUT2D eigenvalue weighted by Gasteiger charge is 2.13. The number of nitrogens with one attached hydrogen (secondary N) is 2. The Morgan fingerprint density at radius 2 is 0.931 bits per heavy atom. The van der Waals surface area contributed by atoms with Gasteiger partial charge in [0.05, 0.1) is 51.9 Å². The van der Waals surface area contributed by atoms with Gasteiger partial charge in [-0.15, -0.1) is 12.4 Å². The van der Waals surface area contributed by atoms with Gasteiger partial charge in [0, 0.05) is 45.5 Å². The number of carbonyl (C=O) groups is 2. The van der Waals surface area contributed by atoms with E-state index in [1.807, 2.05) is 123 Å². The lowest BCUT2D eigenvalue weighted by molar-refractivity contribution is -0.140. The lowest BCUT2D eigenvalue weighted by Gasteiger charge is -2.07. The first-order valence-corrected chi connectivity index (χ1v) is 18.3. The van der Waals surface area contributed by atoms with E-state index < -0.39 is 0 Å². The van der Waals surface area contributed by atoms with Gasteiger partial charge in [0.25, 0.3) is 0 Å². The van der Waals surface area contributed by atoms with Crippen LogP contribution >= 0.6 is 12.4 Å². The van der Waals surface area contributed by atoms with Crippen LogP contribution < -0.4 is 20.1 Å². The van der Waals surface area contributed by atoms with Crippen molar-refractivity contribution in [3.8, 4) is 34.4 Å². The van der Waals surface area contributed by atoms with Gasteiger partial charge in [-0.1, -0.05) is 60.7 Å². The van der Waals surface area contributed by atoms with Crippen molar-refractivity contribution in [3.63, 3.8) is 0 Å². The zero-order chi connectivity index (χ0) is 39.5. The van der Waals surface area contributed by atoms with Crippen LogP contribution in [0, 0.1) is 13.8 Å². The molecule has 0 aliphatic rings. The number of aromatic nitrogens is 2. The van der Waals surface area contributed by atoms with Gasteiger partial charge in [-0.25, -0.2) is 9.97 Å². The van der Waals surface area contributed by atoms with Crippen LogP contribution in [-0.4, -0.2) is 70.8 Å². The molecule has 14 heteroatoms. The third kappa shape index (κ3) is 14.9. The maximum atomic E-state index is 11.1. The molecule has 0 unspecified atom stereocenters. The predicted molar refractivity (Wildman–Crippen MR) is 225 cm³/mol. The molecule has 2 aromatic heterocycles. The fourth-order valence-electron chi connectivity index (χ4n) is 5.43. The average Bonchev–Trinajstić information content (AvgIpc) is 3.80. The Bertz CT molecular complexity index is 1940. The molecule has 0 aliphatic heterocycles. The summed E-state index contributed by atoms with van der Waals surface area (Å²) < 4.78 is 32.4. The van der Waals surface area contributed by atoms with E-state index in [4.69, 9.17) is 18.3 Å². The number of esters is 2. The highest BCUT2D eigenvalue weighted by atomic mass is 35.5. The Balaban J connectivity index is 0.000000300. The fourth-order valence-corrected chi connectivity index (χ4v) is 5.43. The van der Waals surface area contributed by atoms with Gasteiger partial charge in [0.15, 0.2) is 0 Å². The third-order valence-electron chi connectivity index (χ3n) is 8.54. The van der Waals surface area contributed by atoms with E-state index in [9.17, 15) is 9.59 Å². The van der Waals surface area contributed by atoms with Gasteiger partial charge in [-0.3, -0.25) is 9.59 Å². The minimum Gasteiger partial charge on any atom is -0.493 e. The van der Waals surface area contributed by atoms with Gasteiger partial charge >= 0.3 is 11.9 Å². The number of ether oxygens (including phenoxy) is 4. The number of methoxy groups -OCH3 is 2. The second-order valence-electron chi connectivity index (χ2n) is 12.6. The molecular formula is C44H49BClN4O8. The lowest BCUT2D eigenvalue weighted by Crippen LogP contribution is -2.23. The largest absolute Gasteiger partial charge is 0.493 e. The van der Waals surface area contributed by atoms with E-state index in [0.717, 1.165) is 56.7 Å². The minimum atomic E-state index is -0.279. The van der Waals surface area contributed by atoms with E-state index in [1.54, 1.807) is 0 Å². The van der Waals surface area contributed by atoms with Crippen LogP contribution in [0.4, 0.5) is 0 Å². The Labute approximate surface area is 347 Å². The Kier molecular flexibility index (Phi) is 19.8. The lowest BCUT2D eigenvalue weighted by atomic mass is 10.2. The number of nitrogens with zero attached hydrogens (tertiary/aromatic N) is 2. The zero-order valence-corrected chi connectivity index (χ0v) is 34.0. The predicted octanol–water partition coefficient (Wildman–Crippen LogP) is 7.11. The summed E-state index contributed by atoms with van der Waals surface area (Å²) in [5.74, 6) is 3.93. The van der Waals surface area contributed by atoms with Crippen molar-refractivity contribution in [2.75, 3.05) is 40.5 Å². The number of benzene rings is 4. The first-order valence-electron chi connectivity index (χ1n) is 18.3. The molecule has 0 aliphatic carbocycles. The normalized spacial score (nSPS) is 10.3. The molecule has 0 spiro atoms. The standard InChI is InChI=1S/2C22H24N2O4.B.ClH/c2*1-16-20(24-22(28-16)18-6-4-3-5-7-18)12-13-27-19-10-8-17(9-11-19)14-23-15-21(25)26-2;;/h2*3-11,23H,12-15H2,1-2H3;;1H. The van der Waals surface area contributed by atoms with E-state index in [0.29, 0.717) is 50.9 Å². The van der Waals surface area contributed by atoms with Gasteiger partial charge in [0.1, 0.15) is 23.0 Å². The number of halogens is 1. The Morgan fingerprint density at radius 3 is 1.28 bits per heavy atom. The molecule has 0 bridgehead atoms. The molecule has 0 fully saturated rings. The zero-order valence-electron chi connectivity index (χ0n) is 33.2. The van der Waals surface area contributed by atoms with Crippen LogP contribution in [0.3, 0.4) is 0 Å². The average molecular weight is 808 g/mol. The van der Waals surface area contributed by atoms with Gasteiger partial charge in [-0.2, -0.15) is 0 Å². The van der Waals surface area contributed by atoms with E-state index in [-0.39, 0.29) is 45.8 Å². The van der Waals surface area contributed by atoms with E-state index in [1.165, 1.54) is 14.2 Å². The molecule has 3 radical (unpaired) electrons. The molecule has 58 heavy (non-hydrogen) atoms. The van der Waals surface area contributed by atoms with E-state index in [2.05, 4.69) is 30.1 Å². The summed E-state index contributed by atoms with van der Waals surface area (Å²) in [7, 11) is 2.75. The molecular weight excluding hydrogens is 759 g/mol. The van der Waals surface area contributed by atoms with Crippen molar-refractivity contribution in [2.45, 2.75) is 39.8 Å². The topological polar surface area (TPSA) is 147 Å². The van der Waals surface area contributed by atoms with Crippen molar-refractivity contribution >= 4 is 32.8 Å². The highest BCUT2D eigenvalue weighted by molar-refractivity contribution is 5.85. The second kappa shape index (κ2) is 24.7. The quantitative estimate of drug-likeness (QED) is 0.0674. The number of oxazole rings is 2. The summed E-state index contributed by atoms with van der Waals surface area (Å²) in [5, 5.41) is 6.05. The van der Waals surface area contributed by atoms with Crippen molar-refractivity contribution in [1.29, 1.82) is 0 Å². The van der Waals surface area contributed by atoms with Crippen molar-refractivity contribution < 1.29 is 37.4 Å². The summed E-state index contributed by atoms with van der Waals surface area (Å²) in [6.45, 7) is 6.44. The summed E-state index contributed by atoms with van der Waals surface area (Å²) in [5.41, 5.74) is 5.88. The Hall–Kier alpha value is -5.89. The molecule has 0 amide bonds. The van der Waals surface area contributed by atoms with E-state index >= 15 is 0 Å². The molecule has 303 valence electrons. The molecule has 6 rings (SSSR count). The highest BCUT2D eigenvalue weighted by Crippen LogP contribution is 2.23.